The highest BCUT2D eigenvalue weighted by molar-refractivity contribution is 6.34. The Morgan fingerprint density at radius 1 is 1.40 bits per heavy atom. The number of nitrogens with zero attached hydrogens (tertiary/aromatic N) is 2. The van der Waals surface area contributed by atoms with Crippen LogP contribution in [0.5, 0.6) is 0 Å². The summed E-state index contributed by atoms with van der Waals surface area (Å²) in [6.45, 7) is 1.67. The number of aromatic nitrogens is 1. The molecule has 1 amide bonds. The van der Waals surface area contributed by atoms with Gasteiger partial charge in [-0.25, -0.2) is 0 Å². The Kier molecular flexibility index (Phi) is 4.32. The largest absolute Gasteiger partial charge is 0.411 e. The third kappa shape index (κ3) is 3.13. The summed E-state index contributed by atoms with van der Waals surface area (Å²) in [6, 6.07) is 8.53. The van der Waals surface area contributed by atoms with Crippen LogP contribution in [0.1, 0.15) is 22.8 Å². The highest BCUT2D eigenvalue weighted by Gasteiger charge is 2.10. The highest BCUT2D eigenvalue weighted by Crippen LogP contribution is 2.17. The molecule has 0 radical (unpaired) electrons. The summed E-state index contributed by atoms with van der Waals surface area (Å²) in [5.74, 6) is -0.326. The molecule has 0 fully saturated rings. The molecule has 2 aromatic rings. The first-order chi connectivity index (χ1) is 9.61. The van der Waals surface area contributed by atoms with E-state index in [1.807, 2.05) is 0 Å². The highest BCUT2D eigenvalue weighted by atomic mass is 35.5. The maximum Gasteiger partial charge on any atom is 0.257 e. The molecule has 0 aliphatic rings. The van der Waals surface area contributed by atoms with Crippen molar-refractivity contribution in [3.8, 4) is 0 Å². The minimum atomic E-state index is -0.326. The van der Waals surface area contributed by atoms with Gasteiger partial charge in [-0.05, 0) is 25.1 Å². The van der Waals surface area contributed by atoms with Gasteiger partial charge in [0.1, 0.15) is 0 Å². The molecule has 1 aromatic heterocycles. The number of halogens is 1. The van der Waals surface area contributed by atoms with Crippen LogP contribution in [-0.4, -0.2) is 21.8 Å². The van der Waals surface area contributed by atoms with Gasteiger partial charge in [-0.15, -0.1) is 0 Å². The molecule has 0 saturated carbocycles. The summed E-state index contributed by atoms with van der Waals surface area (Å²) in [6.07, 6.45) is 2.91. The molecule has 20 heavy (non-hydrogen) atoms. The van der Waals surface area contributed by atoms with E-state index in [1.165, 1.54) is 12.4 Å². The van der Waals surface area contributed by atoms with Gasteiger partial charge in [0, 0.05) is 23.6 Å². The number of carbonyl (C=O) groups excluding carboxylic acids is 1. The Balaban J connectivity index is 2.23. The fraction of sp³-hybridized carbons (Fsp3) is 0.0714. The molecule has 0 aliphatic heterocycles. The van der Waals surface area contributed by atoms with Crippen LogP contribution < -0.4 is 5.32 Å². The monoisotopic (exact) mass is 289 g/mol. The van der Waals surface area contributed by atoms with Gasteiger partial charge in [0.15, 0.2) is 0 Å². The smallest absolute Gasteiger partial charge is 0.257 e. The number of hydrogen-bond donors (Lipinski definition) is 2. The van der Waals surface area contributed by atoms with Gasteiger partial charge in [0.05, 0.1) is 16.3 Å². The van der Waals surface area contributed by atoms with Crippen LogP contribution in [0.25, 0.3) is 0 Å². The van der Waals surface area contributed by atoms with Crippen LogP contribution >= 0.6 is 11.6 Å². The molecule has 5 nitrogen and oxygen atoms in total. The van der Waals surface area contributed by atoms with Crippen molar-refractivity contribution in [1.29, 1.82) is 0 Å². The Morgan fingerprint density at radius 3 is 2.90 bits per heavy atom. The molecule has 2 rings (SSSR count). The SMILES string of the molecule is CC(=NO)c1cccc(NC(=O)c2ccncc2Cl)c1. The summed E-state index contributed by atoms with van der Waals surface area (Å²) < 4.78 is 0. The molecule has 102 valence electrons. The summed E-state index contributed by atoms with van der Waals surface area (Å²) in [5, 5.41) is 14.9. The molecule has 0 aliphatic carbocycles. The zero-order valence-electron chi connectivity index (χ0n) is 10.7. The number of hydrogen-bond acceptors (Lipinski definition) is 4. The Morgan fingerprint density at radius 2 is 2.20 bits per heavy atom. The third-order valence-electron chi connectivity index (χ3n) is 2.71. The summed E-state index contributed by atoms with van der Waals surface area (Å²) in [4.78, 5) is 15.9. The van der Waals surface area contributed by atoms with Crippen molar-refractivity contribution < 1.29 is 10.0 Å². The second-order valence-corrected chi connectivity index (χ2v) is 4.48. The third-order valence-corrected chi connectivity index (χ3v) is 3.01. The van der Waals surface area contributed by atoms with Crippen LogP contribution in [0, 0.1) is 0 Å². The lowest BCUT2D eigenvalue weighted by atomic mass is 10.1. The van der Waals surface area contributed by atoms with Crippen molar-refractivity contribution in [3.63, 3.8) is 0 Å². The number of amides is 1. The topological polar surface area (TPSA) is 74.6 Å². The quantitative estimate of drug-likeness (QED) is 0.518. The second-order valence-electron chi connectivity index (χ2n) is 4.08. The van der Waals surface area contributed by atoms with E-state index in [2.05, 4.69) is 15.5 Å². The van der Waals surface area contributed by atoms with E-state index in [0.29, 0.717) is 22.5 Å². The summed E-state index contributed by atoms with van der Waals surface area (Å²) in [7, 11) is 0. The Labute approximate surface area is 120 Å². The van der Waals surface area contributed by atoms with Crippen molar-refractivity contribution in [2.45, 2.75) is 6.92 Å². The number of pyridine rings is 1. The minimum Gasteiger partial charge on any atom is -0.411 e. The van der Waals surface area contributed by atoms with Gasteiger partial charge in [-0.3, -0.25) is 9.78 Å². The van der Waals surface area contributed by atoms with Crippen molar-refractivity contribution in [1.82, 2.24) is 4.98 Å². The standard InChI is InChI=1S/C14H12ClN3O2/c1-9(18-20)10-3-2-4-11(7-10)17-14(19)12-5-6-16-8-13(12)15/h2-8,20H,1H3,(H,17,19). The first kappa shape index (κ1) is 14.0. The van der Waals surface area contributed by atoms with Crippen LogP contribution in [0.3, 0.4) is 0 Å². The fourth-order valence-corrected chi connectivity index (χ4v) is 1.84. The summed E-state index contributed by atoms with van der Waals surface area (Å²) >= 11 is 5.91. The van der Waals surface area contributed by atoms with Crippen LogP contribution in [0.2, 0.25) is 5.02 Å². The van der Waals surface area contributed by atoms with Gasteiger partial charge in [0.25, 0.3) is 5.91 Å². The van der Waals surface area contributed by atoms with Crippen molar-refractivity contribution in [3.05, 3.63) is 58.9 Å². The molecule has 0 atom stereocenters. The minimum absolute atomic E-state index is 0.286. The van der Waals surface area contributed by atoms with Gasteiger partial charge >= 0.3 is 0 Å². The van der Waals surface area contributed by atoms with E-state index in [0.717, 1.165) is 0 Å². The lowest BCUT2D eigenvalue weighted by Gasteiger charge is -2.07. The second kappa shape index (κ2) is 6.16. The Bertz CT molecular complexity index is 671. The van der Waals surface area contributed by atoms with Crippen molar-refractivity contribution in [2.24, 2.45) is 5.16 Å². The first-order valence-corrected chi connectivity index (χ1v) is 6.19. The van der Waals surface area contributed by atoms with E-state index in [9.17, 15) is 4.79 Å². The van der Waals surface area contributed by atoms with Crippen molar-refractivity contribution in [2.75, 3.05) is 5.32 Å². The molecule has 0 saturated heterocycles. The number of nitrogens with one attached hydrogen (secondary N) is 1. The Hall–Kier alpha value is -2.40. The molecule has 0 spiro atoms. The van der Waals surface area contributed by atoms with E-state index in [4.69, 9.17) is 16.8 Å². The lowest BCUT2D eigenvalue weighted by Crippen LogP contribution is -2.13. The zero-order valence-corrected chi connectivity index (χ0v) is 11.4. The van der Waals surface area contributed by atoms with Gasteiger partial charge in [0.2, 0.25) is 0 Å². The lowest BCUT2D eigenvalue weighted by molar-refractivity contribution is 0.102. The van der Waals surface area contributed by atoms with E-state index in [-0.39, 0.29) is 10.9 Å². The van der Waals surface area contributed by atoms with Crippen LogP contribution in [-0.2, 0) is 0 Å². The first-order valence-electron chi connectivity index (χ1n) is 5.82. The van der Waals surface area contributed by atoms with E-state index >= 15 is 0 Å². The summed E-state index contributed by atoms with van der Waals surface area (Å²) in [5.41, 5.74) is 2.11. The molecule has 6 heteroatoms. The zero-order chi connectivity index (χ0) is 14.5. The van der Waals surface area contributed by atoms with Crippen molar-refractivity contribution >= 4 is 28.9 Å². The molecule has 0 unspecified atom stereocenters. The molecule has 2 N–H and O–H groups in total. The number of rotatable bonds is 3. The normalized spacial score (nSPS) is 11.2. The van der Waals surface area contributed by atoms with Gasteiger partial charge in [-0.2, -0.15) is 0 Å². The molecular formula is C14H12ClN3O2. The average Bonchev–Trinajstić information content (AvgIpc) is 2.47. The van der Waals surface area contributed by atoms with Crippen LogP contribution in [0.4, 0.5) is 5.69 Å². The average molecular weight is 290 g/mol. The maximum atomic E-state index is 12.1. The predicted octanol–water partition coefficient (Wildman–Crippen LogP) is 3.19. The molecule has 1 aromatic carbocycles. The predicted molar refractivity (Wildman–Crippen MR) is 77.6 cm³/mol. The van der Waals surface area contributed by atoms with E-state index < -0.39 is 0 Å². The number of benzene rings is 1. The molecular weight excluding hydrogens is 278 g/mol. The number of anilines is 1. The van der Waals surface area contributed by atoms with Gasteiger partial charge < -0.3 is 10.5 Å². The number of carbonyl (C=O) groups is 1. The van der Waals surface area contributed by atoms with Crippen LogP contribution in [0.15, 0.2) is 47.9 Å². The maximum absolute atomic E-state index is 12.1. The fourth-order valence-electron chi connectivity index (χ4n) is 1.64. The molecule has 0 bridgehead atoms. The number of oxime groups is 1. The van der Waals surface area contributed by atoms with E-state index in [1.54, 1.807) is 37.3 Å². The molecule has 1 heterocycles. The van der Waals surface area contributed by atoms with Gasteiger partial charge in [-0.1, -0.05) is 28.9 Å².